The summed E-state index contributed by atoms with van der Waals surface area (Å²) < 4.78 is 2.02. The van der Waals surface area contributed by atoms with Gasteiger partial charge in [0.2, 0.25) is 5.91 Å². The molecular weight excluding hydrogens is 404 g/mol. The number of hydrogen-bond donors (Lipinski definition) is 2. The Morgan fingerprint density at radius 3 is 2.66 bits per heavy atom. The van der Waals surface area contributed by atoms with Gasteiger partial charge in [-0.15, -0.1) is 6.58 Å². The lowest BCUT2D eigenvalue weighted by atomic mass is 10.1. The number of allylic oxidation sites excluding steroid dienone is 1. The highest BCUT2D eigenvalue weighted by molar-refractivity contribution is 6.16. The van der Waals surface area contributed by atoms with Gasteiger partial charge >= 0.3 is 6.03 Å². The molecule has 0 aliphatic carbocycles. The lowest BCUT2D eigenvalue weighted by Gasteiger charge is -2.13. The van der Waals surface area contributed by atoms with Crippen LogP contribution in [-0.4, -0.2) is 33.9 Å². The van der Waals surface area contributed by atoms with Gasteiger partial charge in [-0.3, -0.25) is 9.59 Å². The molecule has 0 saturated carbocycles. The number of para-hydroxylation sites is 2. The molecule has 1 aromatic heterocycles. The molecule has 2 N–H and O–H groups in total. The third kappa shape index (κ3) is 4.05. The summed E-state index contributed by atoms with van der Waals surface area (Å²) in [6, 6.07) is 14.6. The van der Waals surface area contributed by atoms with E-state index in [4.69, 9.17) is 0 Å². The summed E-state index contributed by atoms with van der Waals surface area (Å²) >= 11 is 0. The topological polar surface area (TPSA) is 83.4 Å². The van der Waals surface area contributed by atoms with Crippen LogP contribution in [0.15, 0.2) is 73.1 Å². The van der Waals surface area contributed by atoms with Crippen molar-refractivity contribution in [1.29, 1.82) is 0 Å². The lowest BCUT2D eigenvalue weighted by molar-refractivity contribution is -0.127. The van der Waals surface area contributed by atoms with Gasteiger partial charge in [0.25, 0.3) is 5.91 Å². The summed E-state index contributed by atoms with van der Waals surface area (Å²) in [7, 11) is 0. The van der Waals surface area contributed by atoms with Crippen LogP contribution in [0.5, 0.6) is 0 Å². The summed E-state index contributed by atoms with van der Waals surface area (Å²) in [5, 5.41) is 6.33. The van der Waals surface area contributed by atoms with Gasteiger partial charge in [-0.1, -0.05) is 49.4 Å². The molecular formula is C25H24N4O3. The van der Waals surface area contributed by atoms with Crippen LogP contribution >= 0.6 is 0 Å². The number of rotatable bonds is 7. The fraction of sp³-hybridized carbons (Fsp3) is 0.160. The number of fused-ring (bicyclic) bond motifs is 1. The van der Waals surface area contributed by atoms with E-state index in [1.54, 1.807) is 18.2 Å². The molecule has 0 spiro atoms. The fourth-order valence-corrected chi connectivity index (χ4v) is 3.83. The third-order valence-corrected chi connectivity index (χ3v) is 5.38. The zero-order chi connectivity index (χ0) is 22.7. The van der Waals surface area contributed by atoms with Gasteiger partial charge in [-0.05, 0) is 30.2 Å². The minimum absolute atomic E-state index is 0.137. The van der Waals surface area contributed by atoms with E-state index >= 15 is 0 Å². The van der Waals surface area contributed by atoms with Crippen molar-refractivity contribution in [2.75, 3.05) is 11.9 Å². The van der Waals surface area contributed by atoms with Crippen molar-refractivity contribution >= 4 is 40.5 Å². The molecule has 4 amide bonds. The van der Waals surface area contributed by atoms with E-state index in [-0.39, 0.29) is 12.2 Å². The zero-order valence-electron chi connectivity index (χ0n) is 17.8. The first-order valence-corrected chi connectivity index (χ1v) is 10.4. The van der Waals surface area contributed by atoms with Gasteiger partial charge in [0.1, 0.15) is 12.2 Å². The number of amides is 4. The van der Waals surface area contributed by atoms with Gasteiger partial charge in [-0.2, -0.15) is 0 Å². The van der Waals surface area contributed by atoms with Crippen LogP contribution in [-0.2, 0) is 22.6 Å². The lowest BCUT2D eigenvalue weighted by Crippen LogP contribution is -2.38. The molecule has 3 aromatic rings. The summed E-state index contributed by atoms with van der Waals surface area (Å²) in [5.41, 5.74) is 3.60. The van der Waals surface area contributed by atoms with E-state index in [0.29, 0.717) is 12.2 Å². The molecule has 0 unspecified atom stereocenters. The second kappa shape index (κ2) is 8.93. The third-order valence-electron chi connectivity index (χ3n) is 5.38. The normalized spacial score (nSPS) is 14.8. The number of urea groups is 1. The molecule has 1 fully saturated rings. The molecule has 2 aromatic carbocycles. The molecule has 1 saturated heterocycles. The Hall–Kier alpha value is -4.13. The molecule has 0 atom stereocenters. The Labute approximate surface area is 186 Å². The van der Waals surface area contributed by atoms with Gasteiger partial charge in [-0.25, -0.2) is 9.69 Å². The average Bonchev–Trinajstić information content (AvgIpc) is 3.27. The maximum Gasteiger partial charge on any atom is 0.329 e. The van der Waals surface area contributed by atoms with Crippen molar-refractivity contribution in [3.05, 3.63) is 84.2 Å². The number of carbonyl (C=O) groups excluding carboxylic acids is 3. The zero-order valence-corrected chi connectivity index (χ0v) is 17.8. The maximum absolute atomic E-state index is 12.9. The Balaban J connectivity index is 1.54. The molecule has 7 heteroatoms. The van der Waals surface area contributed by atoms with Crippen LogP contribution in [0.2, 0.25) is 0 Å². The van der Waals surface area contributed by atoms with Gasteiger partial charge in [0.05, 0.1) is 0 Å². The summed E-state index contributed by atoms with van der Waals surface area (Å²) in [6.45, 7) is 6.03. The van der Waals surface area contributed by atoms with E-state index in [1.165, 1.54) is 0 Å². The summed E-state index contributed by atoms with van der Waals surface area (Å²) in [4.78, 5) is 38.7. The molecule has 0 radical (unpaired) electrons. The first-order valence-electron chi connectivity index (χ1n) is 10.4. The number of aromatic nitrogens is 1. The van der Waals surface area contributed by atoms with Crippen molar-refractivity contribution in [3.8, 4) is 0 Å². The maximum atomic E-state index is 12.9. The largest absolute Gasteiger partial charge is 0.343 e. The van der Waals surface area contributed by atoms with Crippen LogP contribution in [0.3, 0.4) is 0 Å². The van der Waals surface area contributed by atoms with Gasteiger partial charge in [0.15, 0.2) is 0 Å². The van der Waals surface area contributed by atoms with Gasteiger partial charge in [0, 0.05) is 34.9 Å². The minimum Gasteiger partial charge on any atom is -0.343 e. The number of imide groups is 1. The van der Waals surface area contributed by atoms with Crippen LogP contribution < -0.4 is 10.6 Å². The first kappa shape index (κ1) is 21.1. The predicted molar refractivity (Wildman–Crippen MR) is 125 cm³/mol. The summed E-state index contributed by atoms with van der Waals surface area (Å²) in [6.07, 6.45) is 6.11. The van der Waals surface area contributed by atoms with Crippen molar-refractivity contribution in [2.45, 2.75) is 19.9 Å². The number of carbonyl (C=O) groups is 3. The first-order chi connectivity index (χ1) is 15.5. The second-order valence-electron chi connectivity index (χ2n) is 7.48. The van der Waals surface area contributed by atoms with Gasteiger partial charge < -0.3 is 15.2 Å². The molecule has 162 valence electrons. The van der Waals surface area contributed by atoms with Crippen LogP contribution in [0.1, 0.15) is 18.1 Å². The quantitative estimate of drug-likeness (QED) is 0.340. The fourth-order valence-electron chi connectivity index (χ4n) is 3.83. The number of anilines is 1. The highest BCUT2D eigenvalue weighted by Crippen LogP contribution is 2.25. The average molecular weight is 428 g/mol. The van der Waals surface area contributed by atoms with E-state index in [1.807, 2.05) is 60.2 Å². The summed E-state index contributed by atoms with van der Waals surface area (Å²) in [5.74, 6) is -0.965. The smallest absolute Gasteiger partial charge is 0.329 e. The Bertz CT molecular complexity index is 1260. The number of nitrogens with one attached hydrogen (secondary N) is 2. The van der Waals surface area contributed by atoms with Crippen molar-refractivity contribution < 1.29 is 14.4 Å². The molecule has 1 aliphatic heterocycles. The van der Waals surface area contributed by atoms with Crippen molar-refractivity contribution in [3.63, 3.8) is 0 Å². The van der Waals surface area contributed by atoms with E-state index < -0.39 is 17.8 Å². The Morgan fingerprint density at radius 1 is 1.12 bits per heavy atom. The molecule has 0 bridgehead atoms. The van der Waals surface area contributed by atoms with Crippen molar-refractivity contribution in [2.24, 2.45) is 0 Å². The molecule has 32 heavy (non-hydrogen) atoms. The van der Waals surface area contributed by atoms with E-state index in [2.05, 4.69) is 17.2 Å². The second-order valence-corrected chi connectivity index (χ2v) is 7.48. The van der Waals surface area contributed by atoms with Crippen LogP contribution in [0, 0.1) is 0 Å². The Kier molecular flexibility index (Phi) is 5.89. The number of benzene rings is 2. The molecule has 4 rings (SSSR count). The highest BCUT2D eigenvalue weighted by Gasteiger charge is 2.35. The SMILES string of the molecule is C=CCn1cc(/C=C2/NC(=O)N(CC(=O)Nc3ccccc3CC)C2=O)c2ccccc21. The standard InChI is InChI=1S/C25H24N4O3/c1-3-13-28-15-18(19-10-6-8-12-22(19)28)14-21-24(31)29(25(32)27-21)16-23(30)26-20-11-7-5-9-17(20)4-2/h3,5-12,14-15H,1,4,13,16H2,2H3,(H,26,30)(H,27,32)/b21-14+. The van der Waals surface area contributed by atoms with Crippen LogP contribution in [0.25, 0.3) is 17.0 Å². The number of hydrogen-bond acceptors (Lipinski definition) is 3. The monoisotopic (exact) mass is 428 g/mol. The van der Waals surface area contributed by atoms with E-state index in [0.717, 1.165) is 33.4 Å². The van der Waals surface area contributed by atoms with Crippen LogP contribution in [0.4, 0.5) is 10.5 Å². The highest BCUT2D eigenvalue weighted by atomic mass is 16.2. The Morgan fingerprint density at radius 2 is 1.88 bits per heavy atom. The number of nitrogens with zero attached hydrogens (tertiary/aromatic N) is 2. The molecule has 2 heterocycles. The van der Waals surface area contributed by atoms with Crippen molar-refractivity contribution in [1.82, 2.24) is 14.8 Å². The predicted octanol–water partition coefficient (Wildman–Crippen LogP) is 3.92. The molecule has 1 aliphatic rings. The van der Waals surface area contributed by atoms with E-state index in [9.17, 15) is 14.4 Å². The number of aryl methyl sites for hydroxylation is 1. The molecule has 7 nitrogen and oxygen atoms in total. The minimum atomic E-state index is -0.616.